The molecule has 8 N–H and O–H groups in total. The van der Waals surface area contributed by atoms with Crippen molar-refractivity contribution in [1.82, 2.24) is 9.97 Å². The molecule has 2 aromatic heterocycles. The van der Waals surface area contributed by atoms with Crippen LogP contribution in [0.1, 0.15) is 86.1 Å². The summed E-state index contributed by atoms with van der Waals surface area (Å²) in [6, 6.07) is 11.2. The zero-order valence-corrected chi connectivity index (χ0v) is 31.4. The molecule has 0 amide bonds. The van der Waals surface area contributed by atoms with E-state index in [1.54, 1.807) is 39.9 Å². The maximum atomic E-state index is 11.9. The zero-order valence-electron chi connectivity index (χ0n) is 29.8. The molecule has 9 nitrogen and oxygen atoms in total. The third-order valence-electron chi connectivity index (χ3n) is 11.2. The highest BCUT2D eigenvalue weighted by molar-refractivity contribution is 8.76. The number of aromatic nitrogens is 2. The molecule has 1 aliphatic heterocycles. The molecule has 280 valence electrons. The maximum Gasteiger partial charge on any atom is 0.161 e. The Labute approximate surface area is 315 Å². The van der Waals surface area contributed by atoms with Gasteiger partial charge >= 0.3 is 0 Å². The van der Waals surface area contributed by atoms with E-state index in [-0.39, 0.29) is 35.9 Å². The largest absolute Gasteiger partial charge is 0.504 e. The molecule has 0 fully saturated rings. The number of nitrogens with one attached hydrogen (secondary N) is 1. The molecule has 6 rings (SSSR count). The fourth-order valence-electron chi connectivity index (χ4n) is 8.03. The predicted molar refractivity (Wildman–Crippen MR) is 209 cm³/mol. The first-order chi connectivity index (χ1) is 25.2. The van der Waals surface area contributed by atoms with Crippen LogP contribution in [-0.2, 0) is 12.2 Å². The van der Waals surface area contributed by atoms with Gasteiger partial charge in [-0.05, 0) is 85.9 Å². The summed E-state index contributed by atoms with van der Waals surface area (Å²) in [5.74, 6) is 7.46. The van der Waals surface area contributed by atoms with Crippen molar-refractivity contribution in [3.8, 4) is 23.3 Å². The standard InChI is InChI=1S/C41H53N3O6S2/c1-2-25-6-3-4-8-35(47)39-26(10-9-25)11-12-27(19-36(39)48)28-13-14-34(46)37(20-28)50-38-21-29(18-31-7-5-16-43-31)32-15-17-44-41(42)33(32)24-52-51-23-30(22-45)40(38)49/h5,7,11-17,20,25-27,29-30,35-36,38-40,43,45-49H,2-4,6,8,18-19,21-24H2,1H3,(H2,42,44)/t25-,26+,27+,29-,30-,35-,36+,38+,39+,40+/m0/s1. The van der Waals surface area contributed by atoms with Gasteiger partial charge in [-0.25, -0.2) is 4.98 Å². The molecule has 0 saturated heterocycles. The van der Waals surface area contributed by atoms with Crippen molar-refractivity contribution in [2.24, 2.45) is 23.7 Å². The lowest BCUT2D eigenvalue weighted by Crippen LogP contribution is -2.41. The topological polar surface area (TPSA) is 165 Å². The van der Waals surface area contributed by atoms with Gasteiger partial charge in [-0.15, -0.1) is 0 Å². The van der Waals surface area contributed by atoms with Crippen LogP contribution in [0.4, 0.5) is 5.82 Å². The van der Waals surface area contributed by atoms with Crippen LogP contribution in [0.3, 0.4) is 0 Å². The molecule has 0 unspecified atom stereocenters. The molecule has 0 bridgehead atoms. The summed E-state index contributed by atoms with van der Waals surface area (Å²) in [6.45, 7) is 1.94. The number of anilines is 1. The van der Waals surface area contributed by atoms with Crippen molar-refractivity contribution in [2.75, 3.05) is 18.1 Å². The lowest BCUT2D eigenvalue weighted by atomic mass is 9.79. The highest BCUT2D eigenvalue weighted by Crippen LogP contribution is 2.42. The van der Waals surface area contributed by atoms with Gasteiger partial charge < -0.3 is 41.0 Å². The van der Waals surface area contributed by atoms with Crippen LogP contribution in [0.25, 0.3) is 0 Å². The van der Waals surface area contributed by atoms with Gasteiger partial charge in [-0.3, -0.25) is 0 Å². The van der Waals surface area contributed by atoms with E-state index < -0.39 is 36.3 Å². The molecule has 0 radical (unpaired) electrons. The van der Waals surface area contributed by atoms with E-state index in [9.17, 15) is 25.5 Å². The van der Waals surface area contributed by atoms with Crippen LogP contribution in [0.5, 0.6) is 11.5 Å². The molecule has 3 aliphatic rings. The SMILES string of the molecule is CC[C@@H]1C#C[C@@H]2C=C[C@@H](c3ccc(O)c(O[C@@H]4C[C@H](Cc5ccc[nH]5)c5ccnc(N)c5CSSC[C@H](CO)[C@H]4O)c3)C[C@@H](O)[C@H]2[C@@H](O)CCCC1. The number of allylic oxidation sites excluding steroid dienone is 2. The van der Waals surface area contributed by atoms with Crippen molar-refractivity contribution in [1.29, 1.82) is 0 Å². The molecule has 0 saturated carbocycles. The summed E-state index contributed by atoms with van der Waals surface area (Å²) in [4.78, 5) is 7.70. The van der Waals surface area contributed by atoms with E-state index in [1.165, 1.54) is 0 Å². The Hall–Kier alpha value is -3.11. The number of nitrogen functional groups attached to an aromatic ring is 1. The van der Waals surface area contributed by atoms with Crippen LogP contribution in [-0.4, -0.2) is 72.3 Å². The second-order valence-electron chi connectivity index (χ2n) is 14.6. The molecular formula is C41H53N3O6S2. The van der Waals surface area contributed by atoms with E-state index in [1.807, 2.05) is 36.5 Å². The number of ether oxygens (including phenoxy) is 1. The minimum atomic E-state index is -1.04. The van der Waals surface area contributed by atoms with Crippen molar-refractivity contribution in [3.63, 3.8) is 0 Å². The van der Waals surface area contributed by atoms with Crippen molar-refractivity contribution >= 4 is 27.4 Å². The zero-order chi connectivity index (χ0) is 36.6. The number of hydrogen-bond acceptors (Lipinski definition) is 10. The normalized spacial score (nSPS) is 31.5. The number of hydrogen-bond donors (Lipinski definition) is 7. The Kier molecular flexibility index (Phi) is 13.6. The molecule has 3 heterocycles. The Morgan fingerprint density at radius 2 is 1.87 bits per heavy atom. The number of nitrogens with two attached hydrogens (primary N) is 1. The number of phenols is 1. The number of rotatable bonds is 7. The number of aliphatic hydroxyl groups excluding tert-OH is 4. The summed E-state index contributed by atoms with van der Waals surface area (Å²) in [5.41, 5.74) is 10.3. The van der Waals surface area contributed by atoms with Gasteiger partial charge in [-0.2, -0.15) is 0 Å². The molecule has 2 aliphatic carbocycles. The number of aromatic amines is 1. The summed E-state index contributed by atoms with van der Waals surface area (Å²) in [6.07, 6.45) is 10.4. The summed E-state index contributed by atoms with van der Waals surface area (Å²) >= 11 is 0. The van der Waals surface area contributed by atoms with Crippen LogP contribution in [0, 0.1) is 35.5 Å². The second-order valence-corrected chi connectivity index (χ2v) is 17.1. The van der Waals surface area contributed by atoms with Gasteiger partial charge in [-0.1, -0.05) is 71.4 Å². The third-order valence-corrected chi connectivity index (χ3v) is 13.6. The monoisotopic (exact) mass is 747 g/mol. The molecule has 52 heavy (non-hydrogen) atoms. The average Bonchev–Trinajstić information content (AvgIpc) is 3.59. The third kappa shape index (κ3) is 9.33. The first-order valence-electron chi connectivity index (χ1n) is 18.7. The Balaban J connectivity index is 1.32. The highest BCUT2D eigenvalue weighted by Gasteiger charge is 2.37. The van der Waals surface area contributed by atoms with Crippen molar-refractivity contribution in [3.05, 3.63) is 83.3 Å². The first-order valence-corrected chi connectivity index (χ1v) is 21.2. The number of pyridine rings is 1. The minimum absolute atomic E-state index is 0.0651. The number of H-pyrrole nitrogens is 1. The Bertz CT molecular complexity index is 1690. The molecular weight excluding hydrogens is 695 g/mol. The van der Waals surface area contributed by atoms with Gasteiger partial charge in [0.05, 0.1) is 18.3 Å². The molecule has 11 heteroatoms. The quantitative estimate of drug-likeness (QED) is 0.0826. The van der Waals surface area contributed by atoms with Gasteiger partial charge in [0, 0.05) is 71.4 Å². The average molecular weight is 748 g/mol. The van der Waals surface area contributed by atoms with E-state index in [0.717, 1.165) is 48.1 Å². The van der Waals surface area contributed by atoms with E-state index in [0.29, 0.717) is 48.9 Å². The van der Waals surface area contributed by atoms with Crippen LogP contribution >= 0.6 is 21.6 Å². The molecule has 0 spiro atoms. The first kappa shape index (κ1) is 38.6. The highest BCUT2D eigenvalue weighted by atomic mass is 33.1. The van der Waals surface area contributed by atoms with E-state index in [2.05, 4.69) is 34.8 Å². The number of fused-ring (bicyclic) bond motifs is 2. The lowest BCUT2D eigenvalue weighted by Gasteiger charge is -2.32. The number of aromatic hydroxyl groups is 1. The number of aliphatic hydroxyl groups is 4. The second kappa shape index (κ2) is 18.3. The van der Waals surface area contributed by atoms with Gasteiger partial charge in [0.25, 0.3) is 0 Å². The fraction of sp³-hybridized carbons (Fsp3) is 0.537. The van der Waals surface area contributed by atoms with Gasteiger partial charge in [0.2, 0.25) is 0 Å². The summed E-state index contributed by atoms with van der Waals surface area (Å²) in [7, 11) is 3.19. The number of phenolic OH excluding ortho intramolecular Hbond substituents is 1. The smallest absolute Gasteiger partial charge is 0.161 e. The van der Waals surface area contributed by atoms with E-state index >= 15 is 0 Å². The van der Waals surface area contributed by atoms with Gasteiger partial charge in [0.15, 0.2) is 11.5 Å². The molecule has 1 aromatic carbocycles. The predicted octanol–water partition coefficient (Wildman–Crippen LogP) is 6.33. The van der Waals surface area contributed by atoms with E-state index in [4.69, 9.17) is 10.5 Å². The molecule has 10 atom stereocenters. The Morgan fingerprint density at radius 3 is 2.65 bits per heavy atom. The lowest BCUT2D eigenvalue weighted by molar-refractivity contribution is -0.0195. The fourth-order valence-corrected chi connectivity index (χ4v) is 10.5. The van der Waals surface area contributed by atoms with Gasteiger partial charge in [0.1, 0.15) is 11.9 Å². The van der Waals surface area contributed by atoms with Crippen LogP contribution < -0.4 is 10.5 Å². The van der Waals surface area contributed by atoms with Crippen LogP contribution in [0.15, 0.2) is 60.9 Å². The maximum absolute atomic E-state index is 11.9. The minimum Gasteiger partial charge on any atom is -0.504 e. The summed E-state index contributed by atoms with van der Waals surface area (Å²) < 4.78 is 6.65. The number of benzene rings is 1. The van der Waals surface area contributed by atoms with Crippen molar-refractivity contribution < 1.29 is 30.3 Å². The Morgan fingerprint density at radius 1 is 1.02 bits per heavy atom. The summed E-state index contributed by atoms with van der Waals surface area (Å²) in [5, 5.41) is 56.3. The van der Waals surface area contributed by atoms with Crippen molar-refractivity contribution in [2.45, 2.75) is 100 Å². The number of nitrogens with zero attached hydrogens (tertiary/aromatic N) is 1. The molecule has 3 aromatic rings. The van der Waals surface area contributed by atoms with Crippen LogP contribution in [0.2, 0.25) is 0 Å².